The van der Waals surface area contributed by atoms with Crippen LogP contribution in [0.2, 0.25) is 0 Å². The maximum Gasteiger partial charge on any atom is 0.252 e. The Balaban J connectivity index is 1.92. The second-order valence-electron chi connectivity index (χ2n) is 7.12. The van der Waals surface area contributed by atoms with E-state index in [0.717, 1.165) is 12.8 Å². The molecule has 5 nitrogen and oxygen atoms in total. The molecule has 1 aromatic rings. The molecular formula is C22H36N2O3. The van der Waals surface area contributed by atoms with Gasteiger partial charge in [-0.25, -0.2) is 0 Å². The molecule has 0 aliphatic carbocycles. The number of carbonyl (C=O) groups excluding carboxylic acids is 2. The largest absolute Gasteiger partial charge is 0.508 e. The number of nitrogens with one attached hydrogen (secondary N) is 2. The highest BCUT2D eigenvalue weighted by Crippen LogP contribution is 2.12. The van der Waals surface area contributed by atoms with Crippen molar-refractivity contribution < 1.29 is 14.7 Å². The van der Waals surface area contributed by atoms with E-state index in [1.54, 1.807) is 0 Å². The molecule has 0 saturated carbocycles. The van der Waals surface area contributed by atoms with Crippen LogP contribution in [-0.2, 0) is 4.79 Å². The van der Waals surface area contributed by atoms with Gasteiger partial charge in [-0.2, -0.15) is 0 Å². The summed E-state index contributed by atoms with van der Waals surface area (Å²) in [7, 11) is 0. The summed E-state index contributed by atoms with van der Waals surface area (Å²) in [5, 5.41) is 14.6. The van der Waals surface area contributed by atoms with Crippen molar-refractivity contribution in [2.75, 3.05) is 6.67 Å². The van der Waals surface area contributed by atoms with Gasteiger partial charge in [-0.05, 0) is 30.7 Å². The van der Waals surface area contributed by atoms with E-state index in [0.29, 0.717) is 12.0 Å². The molecule has 0 heterocycles. The van der Waals surface area contributed by atoms with Gasteiger partial charge in [0.15, 0.2) is 0 Å². The Morgan fingerprint density at radius 1 is 0.778 bits per heavy atom. The highest BCUT2D eigenvalue weighted by molar-refractivity contribution is 5.94. The Morgan fingerprint density at radius 2 is 1.30 bits per heavy atom. The Hall–Kier alpha value is -2.04. The zero-order valence-corrected chi connectivity index (χ0v) is 16.8. The highest BCUT2D eigenvalue weighted by Gasteiger charge is 2.06. The monoisotopic (exact) mass is 376 g/mol. The van der Waals surface area contributed by atoms with Crippen LogP contribution in [0.4, 0.5) is 0 Å². The van der Waals surface area contributed by atoms with Gasteiger partial charge < -0.3 is 15.7 Å². The molecule has 0 aliphatic heterocycles. The molecule has 3 N–H and O–H groups in total. The van der Waals surface area contributed by atoms with Crippen LogP contribution in [0.3, 0.4) is 0 Å². The van der Waals surface area contributed by atoms with Crippen LogP contribution in [0.25, 0.3) is 0 Å². The molecule has 0 bridgehead atoms. The number of rotatable bonds is 15. The van der Waals surface area contributed by atoms with Gasteiger partial charge in [-0.3, -0.25) is 9.59 Å². The van der Waals surface area contributed by atoms with Gasteiger partial charge in [0.25, 0.3) is 5.91 Å². The number of phenols is 1. The lowest BCUT2D eigenvalue weighted by atomic mass is 10.1. The zero-order valence-electron chi connectivity index (χ0n) is 16.8. The number of aromatic hydroxyl groups is 1. The lowest BCUT2D eigenvalue weighted by Crippen LogP contribution is -2.37. The van der Waals surface area contributed by atoms with Gasteiger partial charge in [-0.1, -0.05) is 71.1 Å². The van der Waals surface area contributed by atoms with Crippen molar-refractivity contribution in [3.05, 3.63) is 29.8 Å². The third-order valence-electron chi connectivity index (χ3n) is 4.67. The Bertz CT molecular complexity index is 529. The van der Waals surface area contributed by atoms with Crippen LogP contribution in [-0.4, -0.2) is 23.6 Å². The molecule has 1 rings (SSSR count). The molecule has 152 valence electrons. The lowest BCUT2D eigenvalue weighted by Gasteiger charge is -2.08. The molecule has 27 heavy (non-hydrogen) atoms. The smallest absolute Gasteiger partial charge is 0.252 e. The first-order chi connectivity index (χ1) is 13.1. The maximum absolute atomic E-state index is 11.9. The van der Waals surface area contributed by atoms with Crippen LogP contribution in [0.15, 0.2) is 24.3 Å². The van der Waals surface area contributed by atoms with E-state index in [1.807, 2.05) is 0 Å². The normalized spacial score (nSPS) is 10.6. The number of benzene rings is 1. The molecule has 2 amide bonds. The molecule has 0 aliphatic rings. The van der Waals surface area contributed by atoms with E-state index >= 15 is 0 Å². The number of hydrogen-bond donors (Lipinski definition) is 3. The summed E-state index contributed by atoms with van der Waals surface area (Å²) in [6, 6.07) is 6.00. The fourth-order valence-electron chi connectivity index (χ4n) is 2.98. The summed E-state index contributed by atoms with van der Waals surface area (Å²) in [6.07, 6.45) is 14.4. The van der Waals surface area contributed by atoms with Crippen molar-refractivity contribution in [1.29, 1.82) is 0 Å². The van der Waals surface area contributed by atoms with Crippen molar-refractivity contribution in [2.24, 2.45) is 0 Å². The average Bonchev–Trinajstić information content (AvgIpc) is 2.66. The summed E-state index contributed by atoms with van der Waals surface area (Å²) in [5.41, 5.74) is 0.451. The molecule has 0 aromatic heterocycles. The van der Waals surface area contributed by atoms with Gasteiger partial charge in [0.05, 0.1) is 6.67 Å². The predicted octanol–water partition coefficient (Wildman–Crippen LogP) is 4.90. The molecular weight excluding hydrogens is 340 g/mol. The maximum atomic E-state index is 11.9. The molecule has 0 fully saturated rings. The third-order valence-corrected chi connectivity index (χ3v) is 4.67. The van der Waals surface area contributed by atoms with E-state index in [9.17, 15) is 14.7 Å². The molecule has 0 spiro atoms. The zero-order chi connectivity index (χ0) is 19.7. The molecule has 0 saturated heterocycles. The van der Waals surface area contributed by atoms with Gasteiger partial charge in [0.1, 0.15) is 5.75 Å². The van der Waals surface area contributed by atoms with E-state index in [4.69, 9.17) is 0 Å². The standard InChI is InChI=1S/C22H36N2O3/c1-2-3-4-5-6-7-8-9-10-11-12-13-21(26)23-18-24-22(27)19-14-16-20(25)17-15-19/h14-17,25H,2-13,18H2,1H3,(H,23,26)(H,24,27). The molecule has 0 radical (unpaired) electrons. The van der Waals surface area contributed by atoms with Crippen LogP contribution in [0.5, 0.6) is 5.75 Å². The average molecular weight is 377 g/mol. The summed E-state index contributed by atoms with van der Waals surface area (Å²) in [4.78, 5) is 23.6. The van der Waals surface area contributed by atoms with Gasteiger partial charge in [-0.15, -0.1) is 0 Å². The van der Waals surface area contributed by atoms with E-state index in [2.05, 4.69) is 17.6 Å². The number of amides is 2. The SMILES string of the molecule is CCCCCCCCCCCCCC(=O)NCNC(=O)c1ccc(O)cc1. The van der Waals surface area contributed by atoms with Gasteiger partial charge in [0, 0.05) is 12.0 Å². The molecule has 5 heteroatoms. The molecule has 0 unspecified atom stereocenters. The third kappa shape index (κ3) is 12.1. The molecule has 1 aromatic carbocycles. The molecule has 0 atom stereocenters. The predicted molar refractivity (Wildman–Crippen MR) is 110 cm³/mol. The van der Waals surface area contributed by atoms with Gasteiger partial charge in [0.2, 0.25) is 5.91 Å². The van der Waals surface area contributed by atoms with Crippen LogP contribution in [0, 0.1) is 0 Å². The summed E-state index contributed by atoms with van der Waals surface area (Å²) < 4.78 is 0. The second kappa shape index (κ2) is 15.1. The Kier molecular flexibility index (Phi) is 12.8. The lowest BCUT2D eigenvalue weighted by molar-refractivity contribution is -0.121. The van der Waals surface area contributed by atoms with Gasteiger partial charge >= 0.3 is 0 Å². The highest BCUT2D eigenvalue weighted by atomic mass is 16.3. The first-order valence-corrected chi connectivity index (χ1v) is 10.5. The van der Waals surface area contributed by atoms with E-state index < -0.39 is 0 Å². The minimum atomic E-state index is -0.273. The fraction of sp³-hybridized carbons (Fsp3) is 0.636. The summed E-state index contributed by atoms with van der Waals surface area (Å²) in [6.45, 7) is 2.37. The first-order valence-electron chi connectivity index (χ1n) is 10.5. The second-order valence-corrected chi connectivity index (χ2v) is 7.12. The van der Waals surface area contributed by atoms with Crippen LogP contribution < -0.4 is 10.6 Å². The number of unbranched alkanes of at least 4 members (excludes halogenated alkanes) is 10. The topological polar surface area (TPSA) is 78.4 Å². The fourth-order valence-corrected chi connectivity index (χ4v) is 2.98. The number of hydrogen-bond acceptors (Lipinski definition) is 3. The minimum Gasteiger partial charge on any atom is -0.508 e. The van der Waals surface area contributed by atoms with Crippen molar-refractivity contribution in [3.63, 3.8) is 0 Å². The first kappa shape index (κ1) is 23.0. The van der Waals surface area contributed by atoms with Crippen molar-refractivity contribution >= 4 is 11.8 Å². The van der Waals surface area contributed by atoms with Crippen LogP contribution in [0.1, 0.15) is 94.3 Å². The summed E-state index contributed by atoms with van der Waals surface area (Å²) >= 11 is 0. The number of phenolic OH excluding ortho intramolecular Hbond substituents is 1. The Labute approximate surface area is 163 Å². The number of carbonyl (C=O) groups is 2. The quantitative estimate of drug-likeness (QED) is 0.301. The van der Waals surface area contributed by atoms with Crippen molar-refractivity contribution in [2.45, 2.75) is 84.0 Å². The Morgan fingerprint density at radius 3 is 1.85 bits per heavy atom. The van der Waals surface area contributed by atoms with Crippen molar-refractivity contribution in [3.8, 4) is 5.75 Å². The van der Waals surface area contributed by atoms with Crippen molar-refractivity contribution in [1.82, 2.24) is 10.6 Å². The minimum absolute atomic E-state index is 0.0306. The van der Waals surface area contributed by atoms with E-state index in [1.165, 1.54) is 82.1 Å². The van der Waals surface area contributed by atoms with Crippen LogP contribution >= 0.6 is 0 Å². The summed E-state index contributed by atoms with van der Waals surface area (Å²) in [5.74, 6) is -0.186. The van der Waals surface area contributed by atoms with E-state index in [-0.39, 0.29) is 24.2 Å².